The molecule has 8 heteroatoms. The molecule has 0 radical (unpaired) electrons. The van der Waals surface area contributed by atoms with Crippen molar-refractivity contribution in [1.29, 1.82) is 0 Å². The van der Waals surface area contributed by atoms with Gasteiger partial charge < -0.3 is 20.2 Å². The smallest absolute Gasteiger partial charge is 0.199 e. The van der Waals surface area contributed by atoms with E-state index in [1.165, 1.54) is 0 Å². The Morgan fingerprint density at radius 1 is 1.29 bits per heavy atom. The topological polar surface area (TPSA) is 85.2 Å². The van der Waals surface area contributed by atoms with Gasteiger partial charge in [0.1, 0.15) is 18.0 Å². The van der Waals surface area contributed by atoms with Crippen molar-refractivity contribution in [2.75, 3.05) is 32.8 Å². The molecule has 31 heavy (non-hydrogen) atoms. The Balaban J connectivity index is 1.44. The normalized spacial score (nSPS) is 20.3. The maximum Gasteiger partial charge on any atom is 0.199 e. The van der Waals surface area contributed by atoms with Crippen LogP contribution in [0.15, 0.2) is 57.1 Å². The van der Waals surface area contributed by atoms with Crippen molar-refractivity contribution in [2.45, 2.75) is 13.0 Å². The average Bonchev–Trinajstić information content (AvgIpc) is 3.27. The lowest BCUT2D eigenvalue weighted by Gasteiger charge is -2.31. The number of oxime groups is 1. The fourth-order valence-electron chi connectivity index (χ4n) is 4.22. The van der Waals surface area contributed by atoms with Crippen LogP contribution in [-0.2, 0) is 4.84 Å². The zero-order valence-electron chi connectivity index (χ0n) is 17.2. The molecule has 7 nitrogen and oxygen atoms in total. The number of piperazine rings is 1. The molecule has 3 heterocycles. The first kappa shape index (κ1) is 20.2. The zero-order valence-corrected chi connectivity index (χ0v) is 18.8. The van der Waals surface area contributed by atoms with Crippen LogP contribution in [0.2, 0.25) is 0 Å². The average molecular weight is 482 g/mol. The Labute approximate surface area is 188 Å². The number of para-hydroxylation sites is 1. The van der Waals surface area contributed by atoms with Crippen LogP contribution in [0.3, 0.4) is 0 Å². The number of aromatic hydroxyl groups is 1. The van der Waals surface area contributed by atoms with Gasteiger partial charge in [-0.25, -0.2) is 4.99 Å². The SMILES string of the molecule is CC1CN(CCON=C2C(c3c(O)[nH]c4ccc(Br)cc34)=Nc3ccccc32)CCN1. The number of hydrogen-bond donors (Lipinski definition) is 3. The lowest BCUT2D eigenvalue weighted by atomic mass is 10.0. The molecule has 3 aromatic rings. The monoisotopic (exact) mass is 481 g/mol. The zero-order chi connectivity index (χ0) is 21.4. The fraction of sp³-hybridized carbons (Fsp3) is 0.304. The van der Waals surface area contributed by atoms with Gasteiger partial charge in [-0.05, 0) is 31.2 Å². The Kier molecular flexibility index (Phi) is 5.52. The second kappa shape index (κ2) is 8.45. The third-order valence-electron chi connectivity index (χ3n) is 5.70. The molecule has 2 aliphatic heterocycles. The predicted octanol–water partition coefficient (Wildman–Crippen LogP) is 3.78. The molecule has 1 atom stereocenters. The van der Waals surface area contributed by atoms with Gasteiger partial charge in [-0.1, -0.05) is 39.3 Å². The summed E-state index contributed by atoms with van der Waals surface area (Å²) in [6, 6.07) is 14.1. The van der Waals surface area contributed by atoms with Crippen molar-refractivity contribution < 1.29 is 9.94 Å². The molecule has 160 valence electrons. The van der Waals surface area contributed by atoms with Crippen LogP contribution >= 0.6 is 15.9 Å². The standard InChI is InChI=1S/C23H24BrN5O2/c1-14-13-29(9-8-25-14)10-11-31-28-21-16-4-2-3-5-18(16)26-22(21)20-17-12-15(24)6-7-19(17)27-23(20)30/h2-7,12,14,25,27,30H,8-11,13H2,1H3. The van der Waals surface area contributed by atoms with Crippen LogP contribution in [0, 0.1) is 0 Å². The fourth-order valence-corrected chi connectivity index (χ4v) is 4.59. The van der Waals surface area contributed by atoms with E-state index in [0.29, 0.717) is 29.6 Å². The number of nitrogens with one attached hydrogen (secondary N) is 2. The second-order valence-electron chi connectivity index (χ2n) is 7.94. The van der Waals surface area contributed by atoms with Crippen molar-refractivity contribution in [3.8, 4) is 5.88 Å². The minimum Gasteiger partial charge on any atom is -0.494 e. The van der Waals surface area contributed by atoms with Crippen LogP contribution in [-0.4, -0.2) is 65.2 Å². The van der Waals surface area contributed by atoms with Crippen LogP contribution in [0.1, 0.15) is 18.1 Å². The van der Waals surface area contributed by atoms with Crippen molar-refractivity contribution >= 4 is 43.9 Å². The Morgan fingerprint density at radius 3 is 3.03 bits per heavy atom. The second-order valence-corrected chi connectivity index (χ2v) is 8.86. The summed E-state index contributed by atoms with van der Waals surface area (Å²) in [5, 5.41) is 19.5. The van der Waals surface area contributed by atoms with Gasteiger partial charge in [0.15, 0.2) is 5.88 Å². The first-order valence-electron chi connectivity index (χ1n) is 10.4. The van der Waals surface area contributed by atoms with E-state index < -0.39 is 0 Å². The van der Waals surface area contributed by atoms with Gasteiger partial charge in [-0.3, -0.25) is 4.90 Å². The van der Waals surface area contributed by atoms with Crippen LogP contribution in [0.25, 0.3) is 10.9 Å². The van der Waals surface area contributed by atoms with Crippen LogP contribution in [0.4, 0.5) is 5.69 Å². The summed E-state index contributed by atoms with van der Waals surface area (Å²) >= 11 is 3.52. The highest BCUT2D eigenvalue weighted by molar-refractivity contribution is 9.10. The molecule has 1 fully saturated rings. The van der Waals surface area contributed by atoms with E-state index in [0.717, 1.165) is 52.8 Å². The van der Waals surface area contributed by atoms with Gasteiger partial charge >= 0.3 is 0 Å². The van der Waals surface area contributed by atoms with E-state index in [1.807, 2.05) is 42.5 Å². The number of rotatable bonds is 5. The molecule has 2 aliphatic rings. The van der Waals surface area contributed by atoms with E-state index in [1.54, 1.807) is 0 Å². The maximum atomic E-state index is 10.7. The number of halogens is 1. The lowest BCUT2D eigenvalue weighted by Crippen LogP contribution is -2.49. The number of hydrogen-bond acceptors (Lipinski definition) is 6. The summed E-state index contributed by atoms with van der Waals surface area (Å²) in [4.78, 5) is 16.0. The highest BCUT2D eigenvalue weighted by atomic mass is 79.9. The third-order valence-corrected chi connectivity index (χ3v) is 6.19. The highest BCUT2D eigenvalue weighted by Gasteiger charge is 2.29. The summed E-state index contributed by atoms with van der Waals surface area (Å²) < 4.78 is 0.927. The number of benzene rings is 2. The van der Waals surface area contributed by atoms with E-state index in [4.69, 9.17) is 9.83 Å². The summed E-state index contributed by atoms with van der Waals surface area (Å²) in [5.74, 6) is 0.0714. The van der Waals surface area contributed by atoms with Crippen molar-refractivity contribution in [3.05, 3.63) is 58.1 Å². The molecule has 0 bridgehead atoms. The van der Waals surface area contributed by atoms with Crippen molar-refractivity contribution in [1.82, 2.24) is 15.2 Å². The van der Waals surface area contributed by atoms with Gasteiger partial charge in [0.25, 0.3) is 0 Å². The molecule has 1 unspecified atom stereocenters. The van der Waals surface area contributed by atoms with Crippen molar-refractivity contribution in [2.24, 2.45) is 10.1 Å². The molecule has 1 saturated heterocycles. The third kappa shape index (κ3) is 3.98. The first-order valence-corrected chi connectivity index (χ1v) is 11.2. The molecule has 2 aromatic carbocycles. The minimum absolute atomic E-state index is 0.0714. The van der Waals surface area contributed by atoms with Gasteiger partial charge in [0, 0.05) is 53.2 Å². The quantitative estimate of drug-likeness (QED) is 0.382. The highest BCUT2D eigenvalue weighted by Crippen LogP contribution is 2.36. The van der Waals surface area contributed by atoms with Gasteiger partial charge in [-0.2, -0.15) is 0 Å². The number of aliphatic imine (C=N–C) groups is 1. The molecule has 0 saturated carbocycles. The molecule has 0 amide bonds. The largest absolute Gasteiger partial charge is 0.494 e. The van der Waals surface area contributed by atoms with E-state index in [2.05, 4.69) is 43.2 Å². The first-order chi connectivity index (χ1) is 15.1. The Hall–Kier alpha value is -2.68. The van der Waals surface area contributed by atoms with Crippen LogP contribution in [0.5, 0.6) is 5.88 Å². The molecule has 3 N–H and O–H groups in total. The number of fused-ring (bicyclic) bond motifs is 2. The molecule has 1 aromatic heterocycles. The number of H-pyrrole nitrogens is 1. The van der Waals surface area contributed by atoms with Gasteiger partial charge in [-0.15, -0.1) is 0 Å². The van der Waals surface area contributed by atoms with Gasteiger partial charge in [0.05, 0.1) is 11.3 Å². The molecule has 5 rings (SSSR count). The van der Waals surface area contributed by atoms with E-state index >= 15 is 0 Å². The molecule has 0 spiro atoms. The minimum atomic E-state index is 0.0714. The predicted molar refractivity (Wildman–Crippen MR) is 127 cm³/mol. The maximum absolute atomic E-state index is 10.7. The van der Waals surface area contributed by atoms with E-state index in [-0.39, 0.29) is 5.88 Å². The summed E-state index contributed by atoms with van der Waals surface area (Å²) in [5.41, 5.74) is 4.43. The summed E-state index contributed by atoms with van der Waals surface area (Å²) in [7, 11) is 0. The lowest BCUT2D eigenvalue weighted by molar-refractivity contribution is 0.0990. The molecular formula is C23H24BrN5O2. The Bertz CT molecular complexity index is 1190. The van der Waals surface area contributed by atoms with Crippen molar-refractivity contribution in [3.63, 3.8) is 0 Å². The number of aromatic nitrogens is 1. The van der Waals surface area contributed by atoms with Gasteiger partial charge in [0.2, 0.25) is 0 Å². The van der Waals surface area contributed by atoms with Crippen LogP contribution < -0.4 is 5.32 Å². The summed E-state index contributed by atoms with van der Waals surface area (Å²) in [6.45, 7) is 6.53. The summed E-state index contributed by atoms with van der Waals surface area (Å²) in [6.07, 6.45) is 0. The number of nitrogens with zero attached hydrogens (tertiary/aromatic N) is 3. The Morgan fingerprint density at radius 2 is 2.16 bits per heavy atom. The van der Waals surface area contributed by atoms with E-state index in [9.17, 15) is 5.11 Å². The molecule has 0 aliphatic carbocycles. The molecular weight excluding hydrogens is 458 g/mol. The number of aromatic amines is 1.